The molecule has 4 heteroatoms. The number of para-hydroxylation sites is 1. The first kappa shape index (κ1) is 13.3. The quantitative estimate of drug-likeness (QED) is 0.896. The lowest BCUT2D eigenvalue weighted by atomic mass is 10.1. The molecular weight excluding hydrogens is 242 g/mol. The summed E-state index contributed by atoms with van der Waals surface area (Å²) in [7, 11) is 0. The van der Waals surface area contributed by atoms with Crippen LogP contribution >= 0.6 is 0 Å². The van der Waals surface area contributed by atoms with Gasteiger partial charge in [-0.1, -0.05) is 18.2 Å². The van der Waals surface area contributed by atoms with Gasteiger partial charge in [0, 0.05) is 17.5 Å². The number of aromatic nitrogens is 1. The highest BCUT2D eigenvalue weighted by molar-refractivity contribution is 5.84. The number of aryl methyl sites for hydroxylation is 1. The summed E-state index contributed by atoms with van der Waals surface area (Å²) in [5.74, 6) is -0.0710. The van der Waals surface area contributed by atoms with E-state index in [1.54, 1.807) is 0 Å². The zero-order valence-electron chi connectivity index (χ0n) is 11.1. The molecule has 1 N–H and O–H groups in total. The molecule has 0 aliphatic heterocycles. The Bertz CT molecular complexity index is 593. The largest absolute Gasteiger partial charge is 0.489 e. The van der Waals surface area contributed by atoms with Crippen LogP contribution in [0.1, 0.15) is 26.0 Å². The Morgan fingerprint density at radius 3 is 2.79 bits per heavy atom. The summed E-state index contributed by atoms with van der Waals surface area (Å²) in [6.07, 6.45) is 0.600. The molecule has 2 rings (SSSR count). The first-order valence-electron chi connectivity index (χ1n) is 6.33. The maximum Gasteiger partial charge on any atom is 0.303 e. The summed E-state index contributed by atoms with van der Waals surface area (Å²) < 4.78 is 5.73. The number of carboxylic acid groups (broad SMARTS) is 1. The third-order valence-corrected chi connectivity index (χ3v) is 2.70. The molecule has 0 saturated heterocycles. The van der Waals surface area contributed by atoms with Gasteiger partial charge in [-0.2, -0.15) is 0 Å². The van der Waals surface area contributed by atoms with E-state index in [1.165, 1.54) is 0 Å². The molecule has 0 amide bonds. The second kappa shape index (κ2) is 5.69. The Labute approximate surface area is 112 Å². The monoisotopic (exact) mass is 259 g/mol. The normalized spacial score (nSPS) is 10.9. The van der Waals surface area contributed by atoms with Gasteiger partial charge in [0.1, 0.15) is 11.3 Å². The molecular formula is C15H17NO3. The van der Waals surface area contributed by atoms with Crippen molar-refractivity contribution in [2.75, 3.05) is 0 Å². The molecule has 0 fully saturated rings. The minimum Gasteiger partial charge on any atom is -0.489 e. The fraction of sp³-hybridized carbons (Fsp3) is 0.333. The summed E-state index contributed by atoms with van der Waals surface area (Å²) >= 11 is 0. The van der Waals surface area contributed by atoms with Crippen molar-refractivity contribution in [2.45, 2.75) is 32.8 Å². The van der Waals surface area contributed by atoms with Crippen LogP contribution in [-0.4, -0.2) is 22.2 Å². The summed E-state index contributed by atoms with van der Waals surface area (Å²) in [5.41, 5.74) is 1.56. The number of pyridine rings is 1. The van der Waals surface area contributed by atoms with E-state index in [9.17, 15) is 4.79 Å². The van der Waals surface area contributed by atoms with Crippen molar-refractivity contribution in [2.24, 2.45) is 0 Å². The van der Waals surface area contributed by atoms with Crippen LogP contribution in [0.4, 0.5) is 0 Å². The van der Waals surface area contributed by atoms with E-state index in [0.29, 0.717) is 6.42 Å². The van der Waals surface area contributed by atoms with Crippen molar-refractivity contribution in [3.63, 3.8) is 0 Å². The molecule has 0 radical (unpaired) electrons. The first-order chi connectivity index (χ1) is 9.06. The summed E-state index contributed by atoms with van der Waals surface area (Å²) in [6, 6.07) is 9.60. The van der Waals surface area contributed by atoms with Crippen LogP contribution in [-0.2, 0) is 11.2 Å². The fourth-order valence-electron chi connectivity index (χ4n) is 1.88. The fourth-order valence-corrected chi connectivity index (χ4v) is 1.88. The number of benzene rings is 1. The molecule has 1 heterocycles. The van der Waals surface area contributed by atoms with Crippen LogP contribution < -0.4 is 4.74 Å². The van der Waals surface area contributed by atoms with Gasteiger partial charge in [-0.25, -0.2) is 4.98 Å². The van der Waals surface area contributed by atoms with Gasteiger partial charge in [-0.15, -0.1) is 0 Å². The molecule has 0 atom stereocenters. The maximum atomic E-state index is 10.6. The number of ether oxygens (including phenoxy) is 1. The van der Waals surface area contributed by atoms with E-state index in [1.807, 2.05) is 44.2 Å². The SMILES string of the molecule is CC(C)Oc1cccc2ccc(CCC(=O)O)nc12. The van der Waals surface area contributed by atoms with Gasteiger partial charge in [0.15, 0.2) is 0 Å². The standard InChI is InChI=1S/C15H17NO3/c1-10(2)19-13-5-3-4-11-6-7-12(16-15(11)13)8-9-14(17)18/h3-7,10H,8-9H2,1-2H3,(H,17,18). The van der Waals surface area contributed by atoms with E-state index in [-0.39, 0.29) is 12.5 Å². The van der Waals surface area contributed by atoms with Crippen LogP contribution in [0.2, 0.25) is 0 Å². The smallest absolute Gasteiger partial charge is 0.303 e. The average molecular weight is 259 g/mol. The van der Waals surface area contributed by atoms with Crippen molar-refractivity contribution < 1.29 is 14.6 Å². The summed E-state index contributed by atoms with van der Waals surface area (Å²) in [5, 5.41) is 9.71. The molecule has 0 aliphatic carbocycles. The highest BCUT2D eigenvalue weighted by Crippen LogP contribution is 2.25. The molecule has 2 aromatic rings. The number of carbonyl (C=O) groups is 1. The summed E-state index contributed by atoms with van der Waals surface area (Å²) in [4.78, 5) is 15.1. The number of carboxylic acids is 1. The number of nitrogens with zero attached hydrogens (tertiary/aromatic N) is 1. The van der Waals surface area contributed by atoms with E-state index in [4.69, 9.17) is 9.84 Å². The third kappa shape index (κ3) is 3.44. The second-order valence-electron chi connectivity index (χ2n) is 4.69. The van der Waals surface area contributed by atoms with E-state index < -0.39 is 5.97 Å². The van der Waals surface area contributed by atoms with E-state index >= 15 is 0 Å². The minimum absolute atomic E-state index is 0.0788. The molecule has 0 saturated carbocycles. The maximum absolute atomic E-state index is 10.6. The van der Waals surface area contributed by atoms with Gasteiger partial charge in [0.25, 0.3) is 0 Å². The first-order valence-corrected chi connectivity index (χ1v) is 6.33. The van der Waals surface area contributed by atoms with Crippen molar-refractivity contribution >= 4 is 16.9 Å². The highest BCUT2D eigenvalue weighted by atomic mass is 16.5. The van der Waals surface area contributed by atoms with Gasteiger partial charge in [0.2, 0.25) is 0 Å². The minimum atomic E-state index is -0.811. The predicted molar refractivity (Wildman–Crippen MR) is 73.5 cm³/mol. The molecule has 0 aliphatic rings. The summed E-state index contributed by atoms with van der Waals surface area (Å²) in [6.45, 7) is 3.93. The number of hydrogen-bond donors (Lipinski definition) is 1. The molecule has 1 aromatic heterocycles. The van der Waals surface area contributed by atoms with Crippen molar-refractivity contribution in [1.82, 2.24) is 4.98 Å². The lowest BCUT2D eigenvalue weighted by molar-refractivity contribution is -0.136. The second-order valence-corrected chi connectivity index (χ2v) is 4.69. The average Bonchev–Trinajstić information content (AvgIpc) is 2.36. The van der Waals surface area contributed by atoms with Crippen molar-refractivity contribution in [3.05, 3.63) is 36.0 Å². The molecule has 0 bridgehead atoms. The van der Waals surface area contributed by atoms with Crippen LogP contribution in [0.15, 0.2) is 30.3 Å². The number of fused-ring (bicyclic) bond motifs is 1. The Hall–Kier alpha value is -2.10. The van der Waals surface area contributed by atoms with E-state index in [0.717, 1.165) is 22.3 Å². The highest BCUT2D eigenvalue weighted by Gasteiger charge is 2.07. The van der Waals surface area contributed by atoms with Gasteiger partial charge in [-0.05, 0) is 26.0 Å². The van der Waals surface area contributed by atoms with Crippen molar-refractivity contribution in [3.8, 4) is 5.75 Å². The van der Waals surface area contributed by atoms with Crippen LogP contribution in [0, 0.1) is 0 Å². The molecule has 0 unspecified atom stereocenters. The van der Waals surface area contributed by atoms with Crippen molar-refractivity contribution in [1.29, 1.82) is 0 Å². The lowest BCUT2D eigenvalue weighted by Crippen LogP contribution is -2.06. The Balaban J connectivity index is 2.35. The zero-order valence-corrected chi connectivity index (χ0v) is 11.1. The van der Waals surface area contributed by atoms with Gasteiger partial charge >= 0.3 is 5.97 Å². The molecule has 0 spiro atoms. The van der Waals surface area contributed by atoms with Gasteiger partial charge in [-0.3, -0.25) is 4.79 Å². The zero-order chi connectivity index (χ0) is 13.8. The van der Waals surface area contributed by atoms with Crippen LogP contribution in [0.5, 0.6) is 5.75 Å². The van der Waals surface area contributed by atoms with Gasteiger partial charge in [0.05, 0.1) is 12.5 Å². The molecule has 100 valence electrons. The topological polar surface area (TPSA) is 59.4 Å². The molecule has 19 heavy (non-hydrogen) atoms. The van der Waals surface area contributed by atoms with Crippen LogP contribution in [0.25, 0.3) is 10.9 Å². The Kier molecular flexibility index (Phi) is 4.00. The van der Waals surface area contributed by atoms with Gasteiger partial charge < -0.3 is 9.84 Å². The molecule has 1 aromatic carbocycles. The number of rotatable bonds is 5. The Morgan fingerprint density at radius 2 is 2.11 bits per heavy atom. The lowest BCUT2D eigenvalue weighted by Gasteiger charge is -2.12. The van der Waals surface area contributed by atoms with Crippen LogP contribution in [0.3, 0.4) is 0 Å². The number of aliphatic carboxylic acids is 1. The predicted octanol–water partition coefficient (Wildman–Crippen LogP) is 3.04. The molecule has 4 nitrogen and oxygen atoms in total. The van der Waals surface area contributed by atoms with E-state index in [2.05, 4.69) is 4.98 Å². The third-order valence-electron chi connectivity index (χ3n) is 2.70. The Morgan fingerprint density at radius 1 is 1.32 bits per heavy atom. The number of hydrogen-bond acceptors (Lipinski definition) is 3.